The molecule has 0 spiro atoms. The van der Waals surface area contributed by atoms with Crippen LogP contribution in [0.15, 0.2) is 66.9 Å². The topological polar surface area (TPSA) is 86.9 Å². The van der Waals surface area contributed by atoms with Gasteiger partial charge in [0.05, 0.1) is 12.1 Å². The minimum atomic E-state index is -1.37. The second kappa shape index (κ2) is 10.0. The maximum Gasteiger partial charge on any atom is 0.324 e. The summed E-state index contributed by atoms with van der Waals surface area (Å²) in [7, 11) is 1.46. The third-order valence-electron chi connectivity index (χ3n) is 6.40. The number of benzene rings is 3. The Morgan fingerprint density at radius 3 is 2.42 bits per heavy atom. The van der Waals surface area contributed by atoms with Crippen molar-refractivity contribution < 1.29 is 32.9 Å². The summed E-state index contributed by atoms with van der Waals surface area (Å²) in [5.74, 6) is -4.63. The van der Waals surface area contributed by atoms with Crippen LogP contribution in [0.5, 0.6) is 11.5 Å². The van der Waals surface area contributed by atoms with Gasteiger partial charge in [0.1, 0.15) is 12.4 Å². The second-order valence-electron chi connectivity index (χ2n) is 9.44. The number of cyclic esters (lactones) is 2. The summed E-state index contributed by atoms with van der Waals surface area (Å²) in [4.78, 5) is 29.6. The van der Waals surface area contributed by atoms with Crippen LogP contribution in [0.4, 0.5) is 4.39 Å². The predicted octanol–water partition coefficient (Wildman–Crippen LogP) is 6.13. The van der Waals surface area contributed by atoms with E-state index in [1.807, 2.05) is 24.3 Å². The van der Waals surface area contributed by atoms with Gasteiger partial charge in [0.2, 0.25) is 0 Å². The molecule has 1 aliphatic heterocycles. The van der Waals surface area contributed by atoms with E-state index in [9.17, 15) is 14.0 Å². The zero-order chi connectivity index (χ0) is 27.0. The molecular weight excluding hydrogens is 513 g/mol. The smallest absolute Gasteiger partial charge is 0.324 e. The van der Waals surface area contributed by atoms with Crippen LogP contribution in [0, 0.1) is 11.7 Å². The van der Waals surface area contributed by atoms with Crippen LogP contribution in [-0.4, -0.2) is 29.8 Å². The average molecular weight is 538 g/mol. The molecule has 196 valence electrons. The lowest BCUT2D eigenvalue weighted by Crippen LogP contribution is -2.48. The number of rotatable bonds is 7. The molecule has 0 radical (unpaired) electrons. The van der Waals surface area contributed by atoms with Crippen molar-refractivity contribution in [3.63, 3.8) is 0 Å². The Morgan fingerprint density at radius 2 is 1.74 bits per heavy atom. The van der Waals surface area contributed by atoms with E-state index in [0.717, 1.165) is 16.5 Å². The highest BCUT2D eigenvalue weighted by Crippen LogP contribution is 2.45. The molecule has 38 heavy (non-hydrogen) atoms. The van der Waals surface area contributed by atoms with Crippen LogP contribution in [0.3, 0.4) is 0 Å². The van der Waals surface area contributed by atoms with Gasteiger partial charge in [0.25, 0.3) is 5.79 Å². The Bertz CT molecular complexity index is 1490. The van der Waals surface area contributed by atoms with Crippen LogP contribution in [-0.2, 0) is 25.7 Å². The van der Waals surface area contributed by atoms with Crippen molar-refractivity contribution in [2.24, 2.45) is 5.92 Å². The van der Waals surface area contributed by atoms with Crippen molar-refractivity contribution in [3.05, 3.63) is 94.4 Å². The first-order valence-electron chi connectivity index (χ1n) is 11.9. The molecule has 0 bridgehead atoms. The zero-order valence-corrected chi connectivity index (χ0v) is 21.7. The molecule has 9 heteroatoms. The summed E-state index contributed by atoms with van der Waals surface area (Å²) in [6.45, 7) is 3.14. The predicted molar refractivity (Wildman–Crippen MR) is 139 cm³/mol. The van der Waals surface area contributed by atoms with Gasteiger partial charge in [-0.25, -0.2) is 4.39 Å². The van der Waals surface area contributed by atoms with Crippen molar-refractivity contribution >= 4 is 34.4 Å². The SMILES string of the molecule is COc1cc([C@@H](c2c[nH]c3ccccc23)C2C(=O)OC(C)(C)OC2=O)cc(Cl)c1OCc1ccc(F)cc1. The van der Waals surface area contributed by atoms with Gasteiger partial charge < -0.3 is 23.9 Å². The first kappa shape index (κ1) is 25.6. The van der Waals surface area contributed by atoms with Crippen LogP contribution in [0.1, 0.15) is 36.5 Å². The van der Waals surface area contributed by atoms with E-state index in [1.54, 1.807) is 30.5 Å². The summed E-state index contributed by atoms with van der Waals surface area (Å²) < 4.78 is 35.7. The highest BCUT2D eigenvalue weighted by molar-refractivity contribution is 6.32. The standard InChI is InChI=1S/C29H25ClFNO6/c1-29(2)37-27(33)25(28(34)38-29)24(20-14-32-22-7-5-4-6-19(20)22)17-12-21(30)26(23(13-17)35-3)36-15-16-8-10-18(31)11-9-16/h4-14,24-25,32H,15H2,1-3H3/t24-/m0/s1. The minimum Gasteiger partial charge on any atom is -0.493 e. The van der Waals surface area contributed by atoms with Crippen LogP contribution >= 0.6 is 11.6 Å². The zero-order valence-electron chi connectivity index (χ0n) is 20.9. The molecule has 5 rings (SSSR count). The molecule has 4 aromatic rings. The summed E-state index contributed by atoms with van der Waals surface area (Å²) >= 11 is 6.68. The van der Waals surface area contributed by atoms with Crippen molar-refractivity contribution in [1.29, 1.82) is 0 Å². The first-order chi connectivity index (χ1) is 18.2. The third-order valence-corrected chi connectivity index (χ3v) is 6.68. The monoisotopic (exact) mass is 537 g/mol. The number of aromatic nitrogens is 1. The summed E-state index contributed by atoms with van der Waals surface area (Å²) in [6.07, 6.45) is 1.76. The number of carbonyl (C=O) groups excluding carboxylic acids is 2. The van der Waals surface area contributed by atoms with Gasteiger partial charge in [-0.05, 0) is 47.0 Å². The lowest BCUT2D eigenvalue weighted by atomic mass is 9.79. The summed E-state index contributed by atoms with van der Waals surface area (Å²) in [6, 6.07) is 16.8. The van der Waals surface area contributed by atoms with Gasteiger partial charge in [-0.2, -0.15) is 0 Å². The number of esters is 2. The molecule has 7 nitrogen and oxygen atoms in total. The van der Waals surface area contributed by atoms with Gasteiger partial charge in [-0.3, -0.25) is 9.59 Å². The fraction of sp³-hybridized carbons (Fsp3) is 0.241. The summed E-state index contributed by atoms with van der Waals surface area (Å²) in [5, 5.41) is 1.04. The molecule has 0 amide bonds. The van der Waals surface area contributed by atoms with E-state index in [1.165, 1.54) is 33.1 Å². The number of fused-ring (bicyclic) bond motifs is 1. The van der Waals surface area contributed by atoms with Gasteiger partial charge in [0.15, 0.2) is 17.4 Å². The fourth-order valence-electron chi connectivity index (χ4n) is 4.70. The number of nitrogens with one attached hydrogen (secondary N) is 1. The molecule has 1 saturated heterocycles. The molecule has 2 heterocycles. The van der Waals surface area contributed by atoms with Crippen molar-refractivity contribution in [2.45, 2.75) is 32.2 Å². The molecule has 1 fully saturated rings. The number of ether oxygens (including phenoxy) is 4. The van der Waals surface area contributed by atoms with Crippen LogP contribution in [0.2, 0.25) is 5.02 Å². The van der Waals surface area contributed by atoms with Crippen molar-refractivity contribution in [2.75, 3.05) is 7.11 Å². The van der Waals surface area contributed by atoms with Crippen molar-refractivity contribution in [1.82, 2.24) is 4.98 Å². The normalized spacial score (nSPS) is 16.1. The number of hydrogen-bond donors (Lipinski definition) is 1. The Morgan fingerprint density at radius 1 is 1.05 bits per heavy atom. The first-order valence-corrected chi connectivity index (χ1v) is 12.3. The van der Waals surface area contributed by atoms with Crippen molar-refractivity contribution in [3.8, 4) is 11.5 Å². The van der Waals surface area contributed by atoms with E-state index in [2.05, 4.69) is 4.98 Å². The number of aromatic amines is 1. The number of carbonyl (C=O) groups is 2. The molecule has 0 unspecified atom stereocenters. The van der Waals surface area contributed by atoms with Crippen LogP contribution < -0.4 is 9.47 Å². The summed E-state index contributed by atoms with van der Waals surface area (Å²) in [5.41, 5.74) is 2.80. The molecule has 1 aliphatic rings. The maximum absolute atomic E-state index is 13.3. The third kappa shape index (κ3) is 4.91. The Labute approximate surface area is 223 Å². The number of para-hydroxylation sites is 1. The Balaban J connectivity index is 1.59. The van der Waals surface area contributed by atoms with E-state index in [-0.39, 0.29) is 23.2 Å². The van der Waals surface area contributed by atoms with E-state index in [0.29, 0.717) is 16.9 Å². The number of halogens is 2. The lowest BCUT2D eigenvalue weighted by Gasteiger charge is -2.36. The van der Waals surface area contributed by atoms with Gasteiger partial charge in [-0.1, -0.05) is 41.9 Å². The second-order valence-corrected chi connectivity index (χ2v) is 9.84. The Hall–Kier alpha value is -4.04. The average Bonchev–Trinajstić information content (AvgIpc) is 3.29. The molecule has 3 aromatic carbocycles. The quantitative estimate of drug-likeness (QED) is 0.225. The van der Waals surface area contributed by atoms with Gasteiger partial charge in [0, 0.05) is 36.9 Å². The van der Waals surface area contributed by atoms with E-state index in [4.69, 9.17) is 30.5 Å². The fourth-order valence-corrected chi connectivity index (χ4v) is 4.97. The molecule has 0 saturated carbocycles. The Kier molecular flexibility index (Phi) is 6.75. The lowest BCUT2D eigenvalue weighted by molar-refractivity contribution is -0.240. The largest absolute Gasteiger partial charge is 0.493 e. The number of H-pyrrole nitrogens is 1. The highest BCUT2D eigenvalue weighted by atomic mass is 35.5. The van der Waals surface area contributed by atoms with Gasteiger partial charge >= 0.3 is 11.9 Å². The van der Waals surface area contributed by atoms with E-state index >= 15 is 0 Å². The maximum atomic E-state index is 13.3. The molecular formula is C29H25ClFNO6. The number of hydrogen-bond acceptors (Lipinski definition) is 6. The van der Waals surface area contributed by atoms with Crippen LogP contribution in [0.25, 0.3) is 10.9 Å². The molecule has 1 N–H and O–H groups in total. The van der Waals surface area contributed by atoms with Gasteiger partial charge in [-0.15, -0.1) is 0 Å². The minimum absolute atomic E-state index is 0.123. The molecule has 0 aliphatic carbocycles. The molecule has 1 aromatic heterocycles. The number of methoxy groups -OCH3 is 1. The van der Waals surface area contributed by atoms with E-state index < -0.39 is 29.6 Å². The molecule has 1 atom stereocenters. The highest BCUT2D eigenvalue weighted by Gasteiger charge is 2.49.